The van der Waals surface area contributed by atoms with E-state index in [1.807, 2.05) is 24.3 Å². The molecular weight excluding hydrogens is 140 g/mol. The minimum absolute atomic E-state index is 0.566. The van der Waals surface area contributed by atoms with Gasteiger partial charge >= 0.3 is 0 Å². The third-order valence-corrected chi connectivity index (χ3v) is 1.56. The average Bonchev–Trinajstić information content (AvgIpc) is 2.28. The first kappa shape index (κ1) is 6.37. The van der Waals surface area contributed by atoms with Gasteiger partial charge in [0.1, 0.15) is 12.9 Å². The zero-order valence-electron chi connectivity index (χ0n) is 5.95. The van der Waals surface area contributed by atoms with E-state index in [1.54, 1.807) is 6.34 Å². The Balaban J connectivity index is 2.45. The molecule has 0 bridgehead atoms. The van der Waals surface area contributed by atoms with Crippen molar-refractivity contribution in [1.29, 1.82) is 0 Å². The monoisotopic (exact) mass is 148 g/mol. The van der Waals surface area contributed by atoms with Crippen LogP contribution in [0.5, 0.6) is 0 Å². The van der Waals surface area contributed by atoms with E-state index in [4.69, 9.17) is 4.84 Å². The summed E-state index contributed by atoms with van der Waals surface area (Å²) in [5, 5.41) is 0. The number of aliphatic imine (C=N–C) groups is 1. The van der Waals surface area contributed by atoms with Gasteiger partial charge in [-0.2, -0.15) is 0 Å². The van der Waals surface area contributed by atoms with Gasteiger partial charge in [0.2, 0.25) is 0 Å². The molecule has 56 valence electrons. The lowest BCUT2D eigenvalue weighted by Crippen LogP contribution is -2.08. The molecule has 0 atom stereocenters. The van der Waals surface area contributed by atoms with Gasteiger partial charge in [-0.3, -0.25) is 10.3 Å². The molecule has 1 aliphatic rings. The summed E-state index contributed by atoms with van der Waals surface area (Å²) >= 11 is 0. The predicted octanol–water partition coefficient (Wildman–Crippen LogP) is 1.38. The van der Waals surface area contributed by atoms with Crippen LogP contribution in [0.4, 0.5) is 5.69 Å². The fraction of sp³-hybridized carbons (Fsp3) is 0.125. The van der Waals surface area contributed by atoms with Crippen molar-refractivity contribution in [3.63, 3.8) is 0 Å². The zero-order valence-corrected chi connectivity index (χ0v) is 5.95. The van der Waals surface area contributed by atoms with E-state index in [-0.39, 0.29) is 0 Å². The number of nitrogens with zero attached hydrogens (tertiary/aromatic N) is 1. The van der Waals surface area contributed by atoms with E-state index >= 15 is 0 Å². The molecule has 11 heavy (non-hydrogen) atoms. The van der Waals surface area contributed by atoms with Crippen molar-refractivity contribution in [3.8, 4) is 0 Å². The normalized spacial score (nSPS) is 14.9. The number of benzene rings is 1. The molecule has 3 nitrogen and oxygen atoms in total. The SMILES string of the molecule is C1=Nc2ccccc2CON1. The van der Waals surface area contributed by atoms with Gasteiger partial charge in [-0.1, -0.05) is 18.2 Å². The molecule has 1 aliphatic heterocycles. The lowest BCUT2D eigenvalue weighted by Gasteiger charge is -1.99. The van der Waals surface area contributed by atoms with Crippen molar-refractivity contribution in [2.24, 2.45) is 4.99 Å². The highest BCUT2D eigenvalue weighted by Gasteiger charge is 2.01. The van der Waals surface area contributed by atoms with Gasteiger partial charge in [0.05, 0.1) is 5.69 Å². The molecule has 1 N–H and O–H groups in total. The first-order chi connectivity index (χ1) is 5.47. The molecule has 1 heterocycles. The first-order valence-electron chi connectivity index (χ1n) is 3.44. The molecule has 0 spiro atoms. The maximum atomic E-state index is 5.02. The Labute approximate surface area is 64.7 Å². The van der Waals surface area contributed by atoms with Crippen molar-refractivity contribution in [3.05, 3.63) is 29.8 Å². The zero-order chi connectivity index (χ0) is 7.52. The number of hydrogen-bond acceptors (Lipinski definition) is 3. The van der Waals surface area contributed by atoms with Gasteiger partial charge in [-0.15, -0.1) is 0 Å². The van der Waals surface area contributed by atoms with Crippen LogP contribution in [0.1, 0.15) is 5.56 Å². The van der Waals surface area contributed by atoms with Crippen molar-refractivity contribution in [1.82, 2.24) is 5.48 Å². The van der Waals surface area contributed by atoms with Gasteiger partial charge in [0.15, 0.2) is 0 Å². The summed E-state index contributed by atoms with van der Waals surface area (Å²) in [7, 11) is 0. The Morgan fingerprint density at radius 1 is 1.36 bits per heavy atom. The number of hydroxylamine groups is 1. The maximum absolute atomic E-state index is 5.02. The van der Waals surface area contributed by atoms with Crippen molar-refractivity contribution >= 4 is 12.0 Å². The molecule has 3 heteroatoms. The average molecular weight is 148 g/mol. The largest absolute Gasteiger partial charge is 0.270 e. The maximum Gasteiger partial charge on any atom is 0.113 e. The molecule has 2 rings (SSSR count). The van der Waals surface area contributed by atoms with Crippen LogP contribution in [0.3, 0.4) is 0 Å². The van der Waals surface area contributed by atoms with Gasteiger partial charge in [-0.05, 0) is 6.07 Å². The van der Waals surface area contributed by atoms with E-state index < -0.39 is 0 Å². The van der Waals surface area contributed by atoms with E-state index in [0.717, 1.165) is 11.3 Å². The highest BCUT2D eigenvalue weighted by molar-refractivity contribution is 5.62. The Morgan fingerprint density at radius 3 is 3.27 bits per heavy atom. The quantitative estimate of drug-likeness (QED) is 0.603. The molecular formula is C8H8N2O. The van der Waals surface area contributed by atoms with Crippen LogP contribution in [-0.2, 0) is 11.4 Å². The van der Waals surface area contributed by atoms with Crippen LogP contribution in [0, 0.1) is 0 Å². The number of hydrogen-bond donors (Lipinski definition) is 1. The summed E-state index contributed by atoms with van der Waals surface area (Å²) in [5.74, 6) is 0. The molecule has 0 amide bonds. The number of para-hydroxylation sites is 1. The summed E-state index contributed by atoms with van der Waals surface area (Å²) in [6.07, 6.45) is 1.55. The third-order valence-electron chi connectivity index (χ3n) is 1.56. The summed E-state index contributed by atoms with van der Waals surface area (Å²) in [4.78, 5) is 9.15. The molecule has 1 aromatic carbocycles. The van der Waals surface area contributed by atoms with Crippen LogP contribution in [0.25, 0.3) is 0 Å². The number of nitrogens with one attached hydrogen (secondary N) is 1. The molecule has 0 radical (unpaired) electrons. The number of fused-ring (bicyclic) bond motifs is 1. The second-order valence-electron chi connectivity index (χ2n) is 2.29. The molecule has 0 unspecified atom stereocenters. The Bertz CT molecular complexity index is 283. The second kappa shape index (κ2) is 2.72. The fourth-order valence-corrected chi connectivity index (χ4v) is 1.01. The van der Waals surface area contributed by atoms with Crippen molar-refractivity contribution in [2.45, 2.75) is 6.61 Å². The summed E-state index contributed by atoms with van der Waals surface area (Å²) in [6, 6.07) is 7.90. The van der Waals surface area contributed by atoms with Crippen molar-refractivity contribution in [2.75, 3.05) is 0 Å². The molecule has 0 aromatic heterocycles. The molecule has 0 saturated carbocycles. The summed E-state index contributed by atoms with van der Waals surface area (Å²) in [6.45, 7) is 0.566. The fourth-order valence-electron chi connectivity index (χ4n) is 1.01. The molecule has 0 aliphatic carbocycles. The summed E-state index contributed by atoms with van der Waals surface area (Å²) < 4.78 is 0. The van der Waals surface area contributed by atoms with Gasteiger partial charge in [0, 0.05) is 5.56 Å². The van der Waals surface area contributed by atoms with Crippen molar-refractivity contribution < 1.29 is 4.84 Å². The van der Waals surface area contributed by atoms with Crippen LogP contribution >= 0.6 is 0 Å². The molecule has 0 fully saturated rings. The Hall–Kier alpha value is -1.35. The van der Waals surface area contributed by atoms with E-state index in [2.05, 4.69) is 10.5 Å². The molecule has 1 aromatic rings. The Morgan fingerprint density at radius 2 is 2.27 bits per heavy atom. The standard InChI is InChI=1S/C8H8N2O/c1-2-4-8-7(3-1)5-11-10-6-9-8/h1-4,6H,5H2,(H,9,10). The van der Waals surface area contributed by atoms with Crippen LogP contribution in [0.15, 0.2) is 29.3 Å². The minimum Gasteiger partial charge on any atom is -0.270 e. The smallest absolute Gasteiger partial charge is 0.113 e. The minimum atomic E-state index is 0.566. The highest BCUT2D eigenvalue weighted by atomic mass is 16.6. The highest BCUT2D eigenvalue weighted by Crippen LogP contribution is 2.19. The first-order valence-corrected chi connectivity index (χ1v) is 3.44. The van der Waals surface area contributed by atoms with Crippen LogP contribution in [-0.4, -0.2) is 6.34 Å². The Kier molecular flexibility index (Phi) is 1.57. The third kappa shape index (κ3) is 1.23. The lowest BCUT2D eigenvalue weighted by atomic mass is 10.2. The summed E-state index contributed by atoms with van der Waals surface area (Å²) in [5.41, 5.74) is 4.68. The predicted molar refractivity (Wildman–Crippen MR) is 42.5 cm³/mol. The lowest BCUT2D eigenvalue weighted by molar-refractivity contribution is 0.0765. The van der Waals surface area contributed by atoms with Crippen LogP contribution in [0.2, 0.25) is 0 Å². The van der Waals surface area contributed by atoms with E-state index in [1.165, 1.54) is 0 Å². The van der Waals surface area contributed by atoms with E-state index in [9.17, 15) is 0 Å². The van der Waals surface area contributed by atoms with Crippen LogP contribution < -0.4 is 5.48 Å². The topological polar surface area (TPSA) is 33.6 Å². The van der Waals surface area contributed by atoms with Gasteiger partial charge in [0.25, 0.3) is 0 Å². The van der Waals surface area contributed by atoms with E-state index in [0.29, 0.717) is 6.61 Å². The number of rotatable bonds is 0. The van der Waals surface area contributed by atoms with Gasteiger partial charge < -0.3 is 0 Å². The molecule has 0 saturated heterocycles. The van der Waals surface area contributed by atoms with Gasteiger partial charge in [-0.25, -0.2) is 4.99 Å². The second-order valence-corrected chi connectivity index (χ2v) is 2.29.